The molecule has 0 nitrogen and oxygen atoms in total. The van der Waals surface area contributed by atoms with Gasteiger partial charge in [0.2, 0.25) is 0 Å². The van der Waals surface area contributed by atoms with Gasteiger partial charge in [-0.15, -0.1) is 0 Å². The second kappa shape index (κ2) is 2.75. The summed E-state index contributed by atoms with van der Waals surface area (Å²) in [7, 11) is 0. The minimum absolute atomic E-state index is 0.370. The quantitative estimate of drug-likeness (QED) is 0.486. The minimum atomic E-state index is 0.370. The first-order chi connectivity index (χ1) is 5.47. The first kappa shape index (κ1) is 6.41. The van der Waals surface area contributed by atoms with Crippen LogP contribution in [0.15, 0.2) is 54.2 Å². The van der Waals surface area contributed by atoms with Crippen LogP contribution in [-0.4, -0.2) is 0 Å². The van der Waals surface area contributed by atoms with E-state index in [1.807, 2.05) is 18.2 Å². The third kappa shape index (κ3) is 1.25. The first-order valence-electron chi connectivity index (χ1n) is 3.78. The van der Waals surface area contributed by atoms with Gasteiger partial charge in [-0.2, -0.15) is 0 Å². The summed E-state index contributed by atoms with van der Waals surface area (Å²) in [5.74, 6) is 0.370. The highest BCUT2D eigenvalue weighted by Crippen LogP contribution is 2.20. The van der Waals surface area contributed by atoms with Crippen LogP contribution in [0.5, 0.6) is 0 Å². The average molecular weight is 141 g/mol. The Morgan fingerprint density at radius 1 is 1.09 bits per heavy atom. The van der Waals surface area contributed by atoms with Crippen molar-refractivity contribution in [3.05, 3.63) is 60.3 Å². The molecule has 11 heavy (non-hydrogen) atoms. The first-order valence-corrected chi connectivity index (χ1v) is 3.78. The number of hydrogen-bond donors (Lipinski definition) is 0. The second-order valence-electron chi connectivity index (χ2n) is 2.61. The summed E-state index contributed by atoms with van der Waals surface area (Å²) in [5, 5.41) is 0. The van der Waals surface area contributed by atoms with Gasteiger partial charge in [-0.25, -0.2) is 0 Å². The largest absolute Gasteiger partial charge is 0.0726 e. The van der Waals surface area contributed by atoms with Crippen LogP contribution in [0.25, 0.3) is 0 Å². The lowest BCUT2D eigenvalue weighted by molar-refractivity contribution is 0.967. The predicted molar refractivity (Wildman–Crippen MR) is 46.8 cm³/mol. The molecule has 0 heterocycles. The van der Waals surface area contributed by atoms with E-state index in [-0.39, 0.29) is 0 Å². The molecule has 2 aliphatic rings. The van der Waals surface area contributed by atoms with Gasteiger partial charge in [0.15, 0.2) is 0 Å². The molecule has 0 aromatic carbocycles. The molecule has 0 heteroatoms. The van der Waals surface area contributed by atoms with Crippen LogP contribution in [0.2, 0.25) is 0 Å². The second-order valence-corrected chi connectivity index (χ2v) is 2.61. The molecule has 0 bridgehead atoms. The van der Waals surface area contributed by atoms with Crippen molar-refractivity contribution in [1.82, 2.24) is 0 Å². The Labute approximate surface area is 66.9 Å². The smallest absolute Gasteiger partial charge is 0.0275 e. The molecular weight excluding hydrogens is 132 g/mol. The molecule has 0 aromatic rings. The van der Waals surface area contributed by atoms with Crippen LogP contribution in [-0.2, 0) is 0 Å². The summed E-state index contributed by atoms with van der Waals surface area (Å²) >= 11 is 0. The van der Waals surface area contributed by atoms with E-state index in [2.05, 4.69) is 36.5 Å². The Balaban J connectivity index is 2.39. The van der Waals surface area contributed by atoms with Crippen molar-refractivity contribution in [2.75, 3.05) is 0 Å². The normalized spacial score (nSPS) is 26.2. The van der Waals surface area contributed by atoms with Gasteiger partial charge < -0.3 is 0 Å². The van der Waals surface area contributed by atoms with Gasteiger partial charge in [-0.05, 0) is 11.6 Å². The lowest BCUT2D eigenvalue weighted by Crippen LogP contribution is -1.97. The van der Waals surface area contributed by atoms with Crippen molar-refractivity contribution in [3.8, 4) is 0 Å². The molecule has 2 rings (SSSR count). The molecule has 0 N–H and O–H groups in total. The number of allylic oxidation sites excluding steroid dienone is 10. The fourth-order valence-corrected chi connectivity index (χ4v) is 1.25. The summed E-state index contributed by atoms with van der Waals surface area (Å²) in [6.45, 7) is 0. The van der Waals surface area contributed by atoms with Crippen molar-refractivity contribution >= 4 is 0 Å². The fourth-order valence-electron chi connectivity index (χ4n) is 1.25. The van der Waals surface area contributed by atoms with Gasteiger partial charge in [-0.3, -0.25) is 0 Å². The Hall–Kier alpha value is -1.30. The molecule has 1 atom stereocenters. The van der Waals surface area contributed by atoms with Crippen molar-refractivity contribution < 1.29 is 0 Å². The van der Waals surface area contributed by atoms with E-state index >= 15 is 0 Å². The maximum absolute atomic E-state index is 3.27. The predicted octanol–water partition coefficient (Wildman–Crippen LogP) is 2.58. The van der Waals surface area contributed by atoms with Crippen LogP contribution < -0.4 is 0 Å². The maximum Gasteiger partial charge on any atom is 0.0275 e. The minimum Gasteiger partial charge on any atom is -0.0726 e. The third-order valence-corrected chi connectivity index (χ3v) is 1.83. The molecule has 0 saturated heterocycles. The molecule has 2 aliphatic carbocycles. The molecule has 1 unspecified atom stereocenters. The van der Waals surface area contributed by atoms with E-state index in [0.29, 0.717) is 5.92 Å². The van der Waals surface area contributed by atoms with E-state index in [4.69, 9.17) is 0 Å². The Kier molecular flexibility index (Phi) is 1.60. The highest BCUT2D eigenvalue weighted by atomic mass is 14.1. The monoisotopic (exact) mass is 141 g/mol. The van der Waals surface area contributed by atoms with E-state index in [9.17, 15) is 0 Å². The SMILES string of the molecule is [C]1=CC=CC=C2C=CC=CC12. The Morgan fingerprint density at radius 3 is 3.09 bits per heavy atom. The van der Waals surface area contributed by atoms with Crippen LogP contribution in [0.4, 0.5) is 0 Å². The van der Waals surface area contributed by atoms with Crippen LogP contribution in [0.1, 0.15) is 0 Å². The lowest BCUT2D eigenvalue weighted by Gasteiger charge is -2.09. The van der Waals surface area contributed by atoms with Crippen molar-refractivity contribution in [3.63, 3.8) is 0 Å². The molecule has 0 spiro atoms. The molecule has 1 radical (unpaired) electrons. The van der Waals surface area contributed by atoms with Crippen LogP contribution in [0.3, 0.4) is 0 Å². The van der Waals surface area contributed by atoms with Gasteiger partial charge in [-0.1, -0.05) is 48.6 Å². The van der Waals surface area contributed by atoms with Gasteiger partial charge in [0.25, 0.3) is 0 Å². The molecule has 0 fully saturated rings. The van der Waals surface area contributed by atoms with E-state index in [1.54, 1.807) is 0 Å². The van der Waals surface area contributed by atoms with Crippen molar-refractivity contribution in [2.24, 2.45) is 5.92 Å². The zero-order valence-electron chi connectivity index (χ0n) is 6.20. The number of hydrogen-bond acceptors (Lipinski definition) is 0. The number of rotatable bonds is 0. The molecular formula is C11H9. The van der Waals surface area contributed by atoms with Gasteiger partial charge in [0.05, 0.1) is 0 Å². The molecule has 0 amide bonds. The third-order valence-electron chi connectivity index (χ3n) is 1.83. The standard InChI is InChI=1S/C11H9/c1-2-6-10-8-4-5-9-11(10)7-3-1/h1-6,8-9,11H. The van der Waals surface area contributed by atoms with E-state index < -0.39 is 0 Å². The van der Waals surface area contributed by atoms with Crippen molar-refractivity contribution in [2.45, 2.75) is 0 Å². The lowest BCUT2D eigenvalue weighted by atomic mass is 9.95. The summed E-state index contributed by atoms with van der Waals surface area (Å²) < 4.78 is 0. The molecule has 0 aliphatic heterocycles. The Bertz CT molecular complexity index is 285. The van der Waals surface area contributed by atoms with Gasteiger partial charge >= 0.3 is 0 Å². The fraction of sp³-hybridized carbons (Fsp3) is 0.0909. The average Bonchev–Trinajstić information content (AvgIpc) is 2.28. The maximum atomic E-state index is 3.27. The Morgan fingerprint density at radius 2 is 2.09 bits per heavy atom. The van der Waals surface area contributed by atoms with E-state index in [1.165, 1.54) is 5.57 Å². The van der Waals surface area contributed by atoms with Crippen LogP contribution in [0, 0.1) is 12.0 Å². The molecule has 53 valence electrons. The van der Waals surface area contributed by atoms with Gasteiger partial charge in [0.1, 0.15) is 0 Å². The summed E-state index contributed by atoms with van der Waals surface area (Å²) in [5.41, 5.74) is 1.32. The summed E-state index contributed by atoms with van der Waals surface area (Å²) in [6.07, 6.45) is 19.8. The summed E-state index contributed by atoms with van der Waals surface area (Å²) in [6, 6.07) is 0. The zero-order chi connectivity index (χ0) is 7.52. The molecule has 0 aromatic heterocycles. The number of fused-ring (bicyclic) bond motifs is 1. The molecule has 0 saturated carbocycles. The summed E-state index contributed by atoms with van der Waals surface area (Å²) in [4.78, 5) is 0. The highest BCUT2D eigenvalue weighted by Gasteiger charge is 2.07. The zero-order valence-corrected chi connectivity index (χ0v) is 6.20. The van der Waals surface area contributed by atoms with Crippen LogP contribution >= 0.6 is 0 Å². The van der Waals surface area contributed by atoms with Gasteiger partial charge in [0, 0.05) is 5.92 Å². The highest BCUT2D eigenvalue weighted by molar-refractivity contribution is 5.39. The topological polar surface area (TPSA) is 0 Å². The van der Waals surface area contributed by atoms with Crippen molar-refractivity contribution in [1.29, 1.82) is 0 Å². The van der Waals surface area contributed by atoms with E-state index in [0.717, 1.165) is 0 Å².